The Morgan fingerprint density at radius 2 is 1.80 bits per heavy atom. The molecule has 0 radical (unpaired) electrons. The summed E-state index contributed by atoms with van der Waals surface area (Å²) in [7, 11) is 0. The van der Waals surface area contributed by atoms with Crippen molar-refractivity contribution in [2.75, 3.05) is 5.32 Å². The summed E-state index contributed by atoms with van der Waals surface area (Å²) >= 11 is 0. The van der Waals surface area contributed by atoms with Crippen LogP contribution in [0.15, 0.2) is 47.6 Å². The summed E-state index contributed by atoms with van der Waals surface area (Å²) < 4.78 is 1.96. The second-order valence-corrected chi connectivity index (χ2v) is 5.32. The van der Waals surface area contributed by atoms with Crippen molar-refractivity contribution in [3.05, 3.63) is 48.2 Å². The summed E-state index contributed by atoms with van der Waals surface area (Å²) in [6.07, 6.45) is 1.81. The highest BCUT2D eigenvalue weighted by Gasteiger charge is 2.10. The van der Waals surface area contributed by atoms with Crippen LogP contribution in [0.2, 0.25) is 0 Å². The molecule has 1 aromatic carbocycles. The van der Waals surface area contributed by atoms with Gasteiger partial charge < -0.3 is 5.32 Å². The van der Waals surface area contributed by atoms with E-state index in [-0.39, 0.29) is 6.04 Å². The van der Waals surface area contributed by atoms with Crippen molar-refractivity contribution in [1.29, 1.82) is 0 Å². The van der Waals surface area contributed by atoms with E-state index in [1.165, 1.54) is 0 Å². The van der Waals surface area contributed by atoms with E-state index in [0.29, 0.717) is 6.04 Å². The van der Waals surface area contributed by atoms with Crippen molar-refractivity contribution in [1.82, 2.24) is 9.78 Å². The molecule has 0 aliphatic carbocycles. The fourth-order valence-corrected chi connectivity index (χ4v) is 1.98. The molecule has 1 N–H and O–H groups in total. The molecule has 4 heteroatoms. The third-order valence-electron chi connectivity index (χ3n) is 2.84. The molecule has 0 aliphatic rings. The van der Waals surface area contributed by atoms with Crippen LogP contribution in [-0.4, -0.2) is 21.7 Å². The first-order chi connectivity index (χ1) is 9.58. The Morgan fingerprint density at radius 1 is 1.10 bits per heavy atom. The summed E-state index contributed by atoms with van der Waals surface area (Å²) in [6.45, 7) is 8.37. The lowest BCUT2D eigenvalue weighted by atomic mass is 10.2. The molecule has 1 heterocycles. The average molecular weight is 270 g/mol. The van der Waals surface area contributed by atoms with E-state index in [1.807, 2.05) is 28.9 Å². The Bertz CT molecular complexity index is 567. The number of nitrogens with one attached hydrogen (secondary N) is 1. The van der Waals surface area contributed by atoms with Crippen molar-refractivity contribution in [2.24, 2.45) is 4.99 Å². The molecule has 0 atom stereocenters. The first-order valence-corrected chi connectivity index (χ1v) is 7.01. The molecule has 0 unspecified atom stereocenters. The van der Waals surface area contributed by atoms with Crippen molar-refractivity contribution in [3.8, 4) is 0 Å². The number of anilines is 1. The van der Waals surface area contributed by atoms with Gasteiger partial charge in [-0.25, -0.2) is 4.68 Å². The molecule has 0 saturated heterocycles. The molecule has 0 aliphatic heterocycles. The number of aliphatic imine (C=N–C) groups is 1. The zero-order valence-electron chi connectivity index (χ0n) is 12.5. The molecule has 2 rings (SSSR count). The number of hydrogen-bond acceptors (Lipinski definition) is 2. The maximum absolute atomic E-state index is 4.69. The van der Waals surface area contributed by atoms with E-state index < -0.39 is 0 Å². The summed E-state index contributed by atoms with van der Waals surface area (Å²) in [6, 6.07) is 12.7. The first kappa shape index (κ1) is 14.3. The van der Waals surface area contributed by atoms with Crippen molar-refractivity contribution in [2.45, 2.75) is 39.8 Å². The predicted octanol–water partition coefficient (Wildman–Crippen LogP) is 3.73. The van der Waals surface area contributed by atoms with Gasteiger partial charge in [-0.3, -0.25) is 4.99 Å². The second kappa shape index (κ2) is 6.37. The zero-order valence-corrected chi connectivity index (χ0v) is 12.5. The molecule has 1 aromatic heterocycles. The minimum absolute atomic E-state index is 0.230. The predicted molar refractivity (Wildman–Crippen MR) is 84.3 cm³/mol. The summed E-state index contributed by atoms with van der Waals surface area (Å²) in [5.74, 6) is 1.84. The van der Waals surface area contributed by atoms with E-state index in [0.717, 1.165) is 17.2 Å². The minimum Gasteiger partial charge on any atom is -0.325 e. The Labute approximate surface area is 120 Å². The van der Waals surface area contributed by atoms with Crippen LogP contribution in [0.4, 0.5) is 5.82 Å². The van der Waals surface area contributed by atoms with Gasteiger partial charge in [-0.15, -0.1) is 0 Å². The monoisotopic (exact) mass is 270 g/mol. The van der Waals surface area contributed by atoms with E-state index >= 15 is 0 Å². The van der Waals surface area contributed by atoms with E-state index in [2.05, 4.69) is 55.2 Å². The van der Waals surface area contributed by atoms with Gasteiger partial charge in [0.15, 0.2) is 0 Å². The molecular weight excluding hydrogens is 248 g/mol. The van der Waals surface area contributed by atoms with Crippen LogP contribution in [-0.2, 0) is 0 Å². The van der Waals surface area contributed by atoms with Gasteiger partial charge in [-0.1, -0.05) is 30.3 Å². The van der Waals surface area contributed by atoms with E-state index in [1.54, 1.807) is 6.20 Å². The third kappa shape index (κ3) is 3.47. The molecule has 0 fully saturated rings. The van der Waals surface area contributed by atoms with Gasteiger partial charge in [0.25, 0.3) is 0 Å². The number of aromatic nitrogens is 2. The quantitative estimate of drug-likeness (QED) is 0.679. The normalized spacial score (nSPS) is 12.2. The Kier molecular flexibility index (Phi) is 4.56. The van der Waals surface area contributed by atoms with Gasteiger partial charge in [0.2, 0.25) is 0 Å². The SMILES string of the molecule is CC(C)N=C(Nc1ccnn1C(C)C)c1ccccc1. The minimum atomic E-state index is 0.230. The fourth-order valence-electron chi connectivity index (χ4n) is 1.98. The van der Waals surface area contributed by atoms with Crippen molar-refractivity contribution >= 4 is 11.7 Å². The van der Waals surface area contributed by atoms with Crippen LogP contribution in [0.1, 0.15) is 39.3 Å². The zero-order chi connectivity index (χ0) is 14.5. The van der Waals surface area contributed by atoms with E-state index in [9.17, 15) is 0 Å². The van der Waals surface area contributed by atoms with Crippen LogP contribution in [0.25, 0.3) is 0 Å². The Hall–Kier alpha value is -2.10. The fraction of sp³-hybridized carbons (Fsp3) is 0.375. The summed E-state index contributed by atoms with van der Waals surface area (Å²) in [4.78, 5) is 4.69. The highest BCUT2D eigenvalue weighted by molar-refractivity contribution is 6.07. The number of rotatable bonds is 4. The number of benzene rings is 1. The first-order valence-electron chi connectivity index (χ1n) is 7.01. The molecule has 106 valence electrons. The number of nitrogens with zero attached hydrogens (tertiary/aromatic N) is 3. The molecular formula is C16H22N4. The average Bonchev–Trinajstić information content (AvgIpc) is 2.87. The maximum atomic E-state index is 4.69. The number of hydrogen-bond donors (Lipinski definition) is 1. The highest BCUT2D eigenvalue weighted by atomic mass is 15.3. The lowest BCUT2D eigenvalue weighted by Crippen LogP contribution is -2.19. The standard InChI is InChI=1S/C16H22N4/c1-12(2)18-16(14-8-6-5-7-9-14)19-15-10-11-17-20(15)13(3)4/h5-13H,1-4H3,(H,18,19). The van der Waals surface area contributed by atoms with Gasteiger partial charge in [0.05, 0.1) is 6.20 Å². The molecule has 2 aromatic rings. The van der Waals surface area contributed by atoms with Crippen LogP contribution in [0.3, 0.4) is 0 Å². The van der Waals surface area contributed by atoms with Gasteiger partial charge in [0.1, 0.15) is 11.7 Å². The van der Waals surface area contributed by atoms with Crippen LogP contribution in [0, 0.1) is 0 Å². The van der Waals surface area contributed by atoms with Crippen molar-refractivity contribution < 1.29 is 0 Å². The van der Waals surface area contributed by atoms with Gasteiger partial charge in [-0.2, -0.15) is 5.10 Å². The van der Waals surface area contributed by atoms with Gasteiger partial charge >= 0.3 is 0 Å². The molecule has 0 amide bonds. The van der Waals surface area contributed by atoms with Gasteiger partial charge in [-0.05, 0) is 27.7 Å². The topological polar surface area (TPSA) is 42.2 Å². The van der Waals surface area contributed by atoms with Crippen LogP contribution in [0.5, 0.6) is 0 Å². The maximum Gasteiger partial charge on any atom is 0.134 e. The molecule has 0 bridgehead atoms. The summed E-state index contributed by atoms with van der Waals surface area (Å²) in [5, 5.41) is 7.75. The lowest BCUT2D eigenvalue weighted by Gasteiger charge is -2.15. The lowest BCUT2D eigenvalue weighted by molar-refractivity contribution is 0.540. The molecule has 0 saturated carbocycles. The van der Waals surface area contributed by atoms with Crippen LogP contribution >= 0.6 is 0 Å². The van der Waals surface area contributed by atoms with E-state index in [4.69, 9.17) is 0 Å². The molecule has 4 nitrogen and oxygen atoms in total. The van der Waals surface area contributed by atoms with Crippen LogP contribution < -0.4 is 5.32 Å². The highest BCUT2D eigenvalue weighted by Crippen LogP contribution is 2.15. The van der Waals surface area contributed by atoms with Gasteiger partial charge in [0, 0.05) is 23.7 Å². The van der Waals surface area contributed by atoms with Crippen molar-refractivity contribution in [3.63, 3.8) is 0 Å². The largest absolute Gasteiger partial charge is 0.325 e. The summed E-state index contributed by atoms with van der Waals surface area (Å²) in [5.41, 5.74) is 1.08. The Balaban J connectivity index is 2.32. The number of amidine groups is 1. The Morgan fingerprint density at radius 3 is 2.40 bits per heavy atom. The third-order valence-corrected chi connectivity index (χ3v) is 2.84. The second-order valence-electron chi connectivity index (χ2n) is 5.32. The molecule has 0 spiro atoms. The smallest absolute Gasteiger partial charge is 0.134 e. The molecule has 20 heavy (non-hydrogen) atoms.